The summed E-state index contributed by atoms with van der Waals surface area (Å²) in [6.07, 6.45) is 10.9. The highest BCUT2D eigenvalue weighted by molar-refractivity contribution is 8.15. The van der Waals surface area contributed by atoms with Crippen LogP contribution >= 0.6 is 12.2 Å². The highest BCUT2D eigenvalue weighted by atomic mass is 32.2. The third-order valence-corrected chi connectivity index (χ3v) is 4.40. The van der Waals surface area contributed by atoms with Crippen molar-refractivity contribution in [2.75, 3.05) is 13.7 Å². The summed E-state index contributed by atoms with van der Waals surface area (Å²) in [6.45, 7) is 4.01. The Hall–Kier alpha value is -0.500. The van der Waals surface area contributed by atoms with Gasteiger partial charge < -0.3 is 4.74 Å². The molecule has 0 spiro atoms. The van der Waals surface area contributed by atoms with Crippen LogP contribution in [0.4, 0.5) is 0 Å². The molecule has 0 aliphatic carbocycles. The number of hydrogen-bond acceptors (Lipinski definition) is 5. The third kappa shape index (κ3) is 10.3. The van der Waals surface area contributed by atoms with Crippen LogP contribution in [0, 0.1) is 0 Å². The summed E-state index contributed by atoms with van der Waals surface area (Å²) >= 11 is 4.65. The molecule has 0 saturated heterocycles. The molecule has 0 fully saturated rings. The van der Waals surface area contributed by atoms with E-state index in [4.69, 9.17) is 4.74 Å². The summed E-state index contributed by atoms with van der Waals surface area (Å²) in [5, 5.41) is 0. The average molecular weight is 323 g/mol. The Morgan fingerprint density at radius 2 is 1.70 bits per heavy atom. The molecule has 0 aliphatic heterocycles. The van der Waals surface area contributed by atoms with Gasteiger partial charge in [0.1, 0.15) is 0 Å². The highest BCUT2D eigenvalue weighted by Crippen LogP contribution is 2.09. The smallest absolute Gasteiger partial charge is 0.306 e. The Kier molecular flexibility index (Phi) is 12.0. The monoisotopic (exact) mass is 323 g/mol. The van der Waals surface area contributed by atoms with Gasteiger partial charge in [-0.3, -0.25) is 4.84 Å². The van der Waals surface area contributed by atoms with Crippen molar-refractivity contribution in [1.29, 1.82) is 0 Å². The number of sulfonamides is 1. The third-order valence-electron chi connectivity index (χ3n) is 2.68. The number of ether oxygens (including phenoxy) is 1. The Labute approximate surface area is 127 Å². The molecule has 0 amide bonds. The Balaban J connectivity index is 3.44. The van der Waals surface area contributed by atoms with Gasteiger partial charge in [0.15, 0.2) is 0 Å². The summed E-state index contributed by atoms with van der Waals surface area (Å²) in [5.41, 5.74) is 0. The van der Waals surface area contributed by atoms with Crippen molar-refractivity contribution in [3.05, 3.63) is 12.7 Å². The van der Waals surface area contributed by atoms with Gasteiger partial charge in [0.25, 0.3) is 4.38 Å². The first-order valence-corrected chi connectivity index (χ1v) is 8.76. The second-order valence-corrected chi connectivity index (χ2v) is 6.62. The minimum atomic E-state index is -3.79. The van der Waals surface area contributed by atoms with E-state index in [9.17, 15) is 8.42 Å². The molecule has 5 nitrogen and oxygen atoms in total. The normalized spacial score (nSPS) is 11.2. The van der Waals surface area contributed by atoms with Crippen LogP contribution in [0.15, 0.2) is 12.7 Å². The summed E-state index contributed by atoms with van der Waals surface area (Å²) in [7, 11) is -2.59. The van der Waals surface area contributed by atoms with Gasteiger partial charge in [-0.15, -0.1) is 6.58 Å². The van der Waals surface area contributed by atoms with Gasteiger partial charge in [-0.2, -0.15) is 0 Å². The predicted molar refractivity (Wildman–Crippen MR) is 84.7 cm³/mol. The topological polar surface area (TPSA) is 64.6 Å². The Morgan fingerprint density at radius 1 is 1.15 bits per heavy atom. The van der Waals surface area contributed by atoms with E-state index >= 15 is 0 Å². The maximum Gasteiger partial charge on any atom is 0.306 e. The van der Waals surface area contributed by atoms with Crippen LogP contribution in [0.3, 0.4) is 0 Å². The van der Waals surface area contributed by atoms with Gasteiger partial charge in [0, 0.05) is 0 Å². The largest absolute Gasteiger partial charge is 0.474 e. The maximum atomic E-state index is 11.3. The van der Waals surface area contributed by atoms with Crippen molar-refractivity contribution in [2.45, 2.75) is 51.4 Å². The molecule has 20 heavy (non-hydrogen) atoms. The molecule has 118 valence electrons. The lowest BCUT2D eigenvalue weighted by Gasteiger charge is -2.08. The highest BCUT2D eigenvalue weighted by Gasteiger charge is 2.18. The lowest BCUT2D eigenvalue weighted by Crippen LogP contribution is -2.30. The molecule has 0 saturated carbocycles. The second kappa shape index (κ2) is 12.3. The molecular formula is C13H25NO4S2. The van der Waals surface area contributed by atoms with E-state index in [1.807, 2.05) is 6.08 Å². The van der Waals surface area contributed by atoms with Crippen molar-refractivity contribution in [1.82, 2.24) is 4.89 Å². The first-order valence-electron chi connectivity index (χ1n) is 6.87. The van der Waals surface area contributed by atoms with Gasteiger partial charge in [-0.25, -0.2) is 8.42 Å². The molecule has 0 aromatic carbocycles. The van der Waals surface area contributed by atoms with E-state index in [-0.39, 0.29) is 0 Å². The molecule has 0 atom stereocenters. The fourth-order valence-electron chi connectivity index (χ4n) is 1.65. The predicted octanol–water partition coefficient (Wildman–Crippen LogP) is 3.08. The summed E-state index contributed by atoms with van der Waals surface area (Å²) in [6, 6.07) is 0. The standard InChI is InChI=1S/C13H25NO4S2/c1-3-4-5-6-7-8-9-10-11-12-18-13(19)20(15,16)14-17-2/h3,14H,1,4-12H2,2H3. The van der Waals surface area contributed by atoms with Crippen LogP contribution in [-0.2, 0) is 19.6 Å². The fraction of sp³-hybridized carbons (Fsp3) is 0.769. The van der Waals surface area contributed by atoms with E-state index < -0.39 is 14.4 Å². The Bertz CT molecular complexity index is 369. The van der Waals surface area contributed by atoms with Gasteiger partial charge >= 0.3 is 10.0 Å². The minimum absolute atomic E-state index is 0.319. The van der Waals surface area contributed by atoms with Crippen LogP contribution in [0.5, 0.6) is 0 Å². The summed E-state index contributed by atoms with van der Waals surface area (Å²) in [4.78, 5) is 6.12. The molecule has 7 heteroatoms. The minimum Gasteiger partial charge on any atom is -0.474 e. The molecule has 0 radical (unpaired) electrons. The zero-order chi connectivity index (χ0) is 15.3. The summed E-state index contributed by atoms with van der Waals surface area (Å²) in [5.74, 6) is 0. The zero-order valence-corrected chi connectivity index (χ0v) is 13.7. The summed E-state index contributed by atoms with van der Waals surface area (Å²) < 4.78 is 27.2. The van der Waals surface area contributed by atoms with Crippen LogP contribution in [0.1, 0.15) is 51.4 Å². The van der Waals surface area contributed by atoms with Crippen LogP contribution < -0.4 is 4.89 Å². The molecule has 0 aliphatic rings. The number of thiocarbonyl (C=S) groups is 1. The lowest BCUT2D eigenvalue weighted by molar-refractivity contribution is 0.154. The molecule has 0 aromatic rings. The number of unbranched alkanes of at least 4 members (excludes halogenated alkanes) is 7. The van der Waals surface area contributed by atoms with E-state index in [1.54, 1.807) is 4.89 Å². The van der Waals surface area contributed by atoms with Crippen molar-refractivity contribution in [3.8, 4) is 0 Å². The second-order valence-electron chi connectivity index (χ2n) is 4.44. The molecule has 1 N–H and O–H groups in total. The average Bonchev–Trinajstić information content (AvgIpc) is 2.40. The van der Waals surface area contributed by atoms with Crippen molar-refractivity contribution >= 4 is 26.6 Å². The number of hydrogen-bond donors (Lipinski definition) is 1. The van der Waals surface area contributed by atoms with Crippen molar-refractivity contribution < 1.29 is 18.0 Å². The molecule has 0 bridgehead atoms. The molecule has 0 rings (SSSR count). The van der Waals surface area contributed by atoms with E-state index in [1.165, 1.54) is 32.8 Å². The molecule has 0 unspecified atom stereocenters. The van der Waals surface area contributed by atoms with Gasteiger partial charge in [0.2, 0.25) is 0 Å². The quantitative estimate of drug-likeness (QED) is 0.259. The van der Waals surface area contributed by atoms with Gasteiger partial charge in [-0.05, 0) is 31.5 Å². The first kappa shape index (κ1) is 19.5. The van der Waals surface area contributed by atoms with Crippen molar-refractivity contribution in [3.63, 3.8) is 0 Å². The molecule has 0 aromatic heterocycles. The van der Waals surface area contributed by atoms with E-state index in [0.29, 0.717) is 6.61 Å². The maximum absolute atomic E-state index is 11.3. The fourth-order valence-corrected chi connectivity index (χ4v) is 2.36. The number of allylic oxidation sites excluding steroid dienone is 1. The van der Waals surface area contributed by atoms with E-state index in [0.717, 1.165) is 25.7 Å². The number of nitrogens with one attached hydrogen (secondary N) is 1. The lowest BCUT2D eigenvalue weighted by atomic mass is 10.1. The molecular weight excluding hydrogens is 298 g/mol. The van der Waals surface area contributed by atoms with Crippen LogP contribution in [0.25, 0.3) is 0 Å². The zero-order valence-electron chi connectivity index (χ0n) is 12.1. The molecule has 0 heterocycles. The van der Waals surface area contributed by atoms with E-state index in [2.05, 4.69) is 23.6 Å². The van der Waals surface area contributed by atoms with Crippen LogP contribution in [0.2, 0.25) is 0 Å². The number of rotatable bonds is 12. The SMILES string of the molecule is C=CCCCCCCCCCOC(=S)S(=O)(=O)NOC. The van der Waals surface area contributed by atoms with Crippen LogP contribution in [-0.4, -0.2) is 26.5 Å². The van der Waals surface area contributed by atoms with Gasteiger partial charge in [0.05, 0.1) is 13.7 Å². The van der Waals surface area contributed by atoms with Crippen molar-refractivity contribution in [2.24, 2.45) is 0 Å². The Morgan fingerprint density at radius 3 is 2.25 bits per heavy atom. The first-order chi connectivity index (χ1) is 9.54. The van der Waals surface area contributed by atoms with Gasteiger partial charge in [-0.1, -0.05) is 43.1 Å².